The number of fused-ring (bicyclic) bond motifs is 6. The molecule has 3 atom stereocenters. The van der Waals surface area contributed by atoms with Crippen molar-refractivity contribution in [3.05, 3.63) is 149 Å². The first-order valence-electron chi connectivity index (χ1n) is 31.1. The van der Waals surface area contributed by atoms with Gasteiger partial charge in [0.05, 0.1) is 17.1 Å². The van der Waals surface area contributed by atoms with Crippen LogP contribution in [-0.4, -0.2) is 0 Å². The van der Waals surface area contributed by atoms with Crippen molar-refractivity contribution >= 4 is 45.8 Å². The van der Waals surface area contributed by atoms with Gasteiger partial charge in [-0.25, -0.2) is 0 Å². The minimum Gasteiger partial charge on any atom is -0.310 e. The smallest absolute Gasteiger partial charge is 0.0607 e. The van der Waals surface area contributed by atoms with Crippen molar-refractivity contribution in [2.75, 3.05) is 9.80 Å². The molecule has 6 aliphatic carbocycles. The number of benzene rings is 4. The highest BCUT2D eigenvalue weighted by molar-refractivity contribution is 7.11. The summed E-state index contributed by atoms with van der Waals surface area (Å²) < 4.78 is 0. The maximum absolute atomic E-state index is 2.79. The van der Waals surface area contributed by atoms with Crippen molar-refractivity contribution < 1.29 is 0 Å². The lowest BCUT2D eigenvalue weighted by Crippen LogP contribution is -2.46. The molecule has 0 saturated heterocycles. The fraction of sp³-hybridized carbons (Fsp3) is 0.553. The standard InChI is InChI=1S/C76H98N2S/c1-45-34-49(38-50(35-45)78-62-24-22-46(2)66-67(62)76(21,33-32-75(66,19)20)60-41-57-58(42-63(60)78)73(15,16)30-29-72(57,13)14)77(64-44-79-65-43-59-56(40-53(64)65)71(11,12)28-31-74(59,17)18)61-25-23-48(68(4,5)6)37-52(61)51-39-55-54(36-47(51)3)69(7,8)26-27-70(55,9)10/h23-25,34-39,41-44,46,56H,22,26-33,40H2,1-21H3/t46?,56?,76-/m1/s1. The summed E-state index contributed by atoms with van der Waals surface area (Å²) in [7, 11) is 0. The third-order valence-electron chi connectivity index (χ3n) is 22.7. The molecule has 2 unspecified atom stereocenters. The minimum atomic E-state index is -0.0770. The van der Waals surface area contributed by atoms with Crippen molar-refractivity contribution in [1.29, 1.82) is 0 Å². The van der Waals surface area contributed by atoms with Crippen LogP contribution in [0.2, 0.25) is 0 Å². The largest absolute Gasteiger partial charge is 0.310 e. The second kappa shape index (κ2) is 17.5. The van der Waals surface area contributed by atoms with Gasteiger partial charge in [-0.3, -0.25) is 0 Å². The Morgan fingerprint density at radius 1 is 0.582 bits per heavy atom. The summed E-state index contributed by atoms with van der Waals surface area (Å²) in [6.45, 7) is 52.4. The number of anilines is 5. The van der Waals surface area contributed by atoms with Gasteiger partial charge in [-0.15, -0.1) is 11.3 Å². The van der Waals surface area contributed by atoms with Crippen LogP contribution in [0.1, 0.15) is 244 Å². The van der Waals surface area contributed by atoms with E-state index in [1.807, 2.05) is 11.3 Å². The molecule has 1 fully saturated rings. The molecule has 418 valence electrons. The molecule has 1 saturated carbocycles. The SMILES string of the molecule is Cc1cc(N2C3=CCC(C)C4=C3[C@](C)(CCC4(C)C)c3cc4c(cc32)C(C)(C)CCC4(C)C)cc(N(c2ccc(C(C)(C)C)cc2-c2cc3c(cc2C)C(C)(C)CCC3(C)C)c2csc3c2CC2C(=C3)C(C)(C)CCC2(C)C)c1. The highest BCUT2D eigenvalue weighted by Gasteiger charge is 2.53. The Bertz CT molecular complexity index is 3480. The van der Waals surface area contributed by atoms with Crippen LogP contribution in [0.15, 0.2) is 94.5 Å². The van der Waals surface area contributed by atoms with Gasteiger partial charge >= 0.3 is 0 Å². The van der Waals surface area contributed by atoms with Gasteiger partial charge in [-0.1, -0.05) is 167 Å². The van der Waals surface area contributed by atoms with E-state index in [9.17, 15) is 0 Å². The van der Waals surface area contributed by atoms with Gasteiger partial charge in [0, 0.05) is 38.3 Å². The zero-order valence-corrected chi connectivity index (χ0v) is 53.9. The highest BCUT2D eigenvalue weighted by atomic mass is 32.1. The molecule has 5 aromatic rings. The van der Waals surface area contributed by atoms with Crippen LogP contribution in [0.4, 0.5) is 28.4 Å². The van der Waals surface area contributed by atoms with Gasteiger partial charge in [0.25, 0.3) is 0 Å². The van der Waals surface area contributed by atoms with Crippen molar-refractivity contribution in [1.82, 2.24) is 0 Å². The molecule has 0 amide bonds. The van der Waals surface area contributed by atoms with E-state index >= 15 is 0 Å². The minimum absolute atomic E-state index is 0.0361. The van der Waals surface area contributed by atoms with Crippen molar-refractivity contribution in [3.8, 4) is 11.1 Å². The van der Waals surface area contributed by atoms with E-state index in [-0.39, 0.29) is 48.7 Å². The van der Waals surface area contributed by atoms with Crippen LogP contribution in [0.25, 0.3) is 17.2 Å². The first-order chi connectivity index (χ1) is 36.6. The number of nitrogens with zero attached hydrogens (tertiary/aromatic N) is 2. The lowest BCUT2D eigenvalue weighted by atomic mass is 9.53. The lowest BCUT2D eigenvalue weighted by molar-refractivity contribution is 0.123. The summed E-state index contributed by atoms with van der Waals surface area (Å²) in [6, 6.07) is 26.0. The average molecular weight is 1070 g/mol. The van der Waals surface area contributed by atoms with E-state index in [1.54, 1.807) is 27.8 Å². The van der Waals surface area contributed by atoms with E-state index in [1.165, 1.54) is 134 Å². The molecule has 0 bridgehead atoms. The average Bonchev–Trinajstić information content (AvgIpc) is 3.54. The van der Waals surface area contributed by atoms with Gasteiger partial charge in [-0.05, 0) is 243 Å². The first-order valence-corrected chi connectivity index (χ1v) is 31.9. The molecule has 4 aromatic carbocycles. The van der Waals surface area contributed by atoms with Crippen molar-refractivity contribution in [2.24, 2.45) is 28.1 Å². The van der Waals surface area contributed by atoms with Gasteiger partial charge in [0.15, 0.2) is 0 Å². The summed E-state index contributed by atoms with van der Waals surface area (Å²) in [5, 5.41) is 2.55. The van der Waals surface area contributed by atoms with Crippen molar-refractivity contribution in [3.63, 3.8) is 0 Å². The van der Waals surface area contributed by atoms with E-state index in [0.29, 0.717) is 11.8 Å². The third-order valence-corrected chi connectivity index (χ3v) is 23.7. The van der Waals surface area contributed by atoms with E-state index in [2.05, 4.69) is 233 Å². The maximum atomic E-state index is 2.79. The van der Waals surface area contributed by atoms with E-state index in [0.717, 1.165) is 19.3 Å². The molecule has 2 heterocycles. The predicted octanol–water partition coefficient (Wildman–Crippen LogP) is 22.3. The second-order valence-corrected chi connectivity index (χ2v) is 33.7. The zero-order valence-electron chi connectivity index (χ0n) is 53.0. The highest BCUT2D eigenvalue weighted by Crippen LogP contribution is 2.65. The van der Waals surface area contributed by atoms with Crippen LogP contribution >= 0.6 is 11.3 Å². The Morgan fingerprint density at radius 2 is 1.18 bits per heavy atom. The summed E-state index contributed by atoms with van der Waals surface area (Å²) in [6.07, 6.45) is 17.1. The van der Waals surface area contributed by atoms with Crippen LogP contribution in [0, 0.1) is 41.9 Å². The van der Waals surface area contributed by atoms with Crippen molar-refractivity contribution in [2.45, 2.75) is 242 Å². The Hall–Kier alpha value is -4.60. The normalized spacial score (nSPS) is 26.1. The Kier molecular flexibility index (Phi) is 12.2. The van der Waals surface area contributed by atoms with Gasteiger partial charge in [0.2, 0.25) is 0 Å². The first kappa shape index (κ1) is 55.0. The number of allylic oxidation sites excluding steroid dienone is 4. The van der Waals surface area contributed by atoms with Crippen LogP contribution in [0.5, 0.6) is 0 Å². The molecule has 0 radical (unpaired) electrons. The molecule has 0 N–H and O–H groups in total. The van der Waals surface area contributed by atoms with Crippen LogP contribution < -0.4 is 9.80 Å². The summed E-state index contributed by atoms with van der Waals surface area (Å²) >= 11 is 1.98. The zero-order chi connectivity index (χ0) is 56.9. The molecular weight excluding hydrogens is 973 g/mol. The molecule has 7 aliphatic rings. The molecule has 12 rings (SSSR count). The summed E-state index contributed by atoms with van der Waals surface area (Å²) in [4.78, 5) is 7.01. The maximum Gasteiger partial charge on any atom is 0.0607 e. The summed E-state index contributed by atoms with van der Waals surface area (Å²) in [5.74, 6) is 0.996. The number of hydrogen-bond acceptors (Lipinski definition) is 3. The Balaban J connectivity index is 1.15. The number of hydrogen-bond donors (Lipinski definition) is 0. The van der Waals surface area contributed by atoms with Crippen LogP contribution in [-0.2, 0) is 38.9 Å². The predicted molar refractivity (Wildman–Crippen MR) is 343 cm³/mol. The number of aryl methyl sites for hydroxylation is 2. The molecule has 1 aliphatic heterocycles. The molecule has 1 aromatic heterocycles. The van der Waals surface area contributed by atoms with Crippen LogP contribution in [0.3, 0.4) is 0 Å². The van der Waals surface area contributed by atoms with E-state index in [4.69, 9.17) is 0 Å². The van der Waals surface area contributed by atoms with Gasteiger partial charge in [0.1, 0.15) is 0 Å². The third kappa shape index (κ3) is 8.45. The molecule has 0 spiro atoms. The summed E-state index contributed by atoms with van der Waals surface area (Å²) in [5.41, 5.74) is 29.7. The molecule has 3 heteroatoms. The monoisotopic (exact) mass is 1070 g/mol. The Labute approximate surface area is 483 Å². The quantitative estimate of drug-likeness (QED) is 0.173. The van der Waals surface area contributed by atoms with Gasteiger partial charge < -0.3 is 9.80 Å². The molecular formula is C76H98N2S. The lowest BCUT2D eigenvalue weighted by Gasteiger charge is -2.56. The molecule has 2 nitrogen and oxygen atoms in total. The Morgan fingerprint density at radius 3 is 1.82 bits per heavy atom. The second-order valence-electron chi connectivity index (χ2n) is 32.8. The van der Waals surface area contributed by atoms with Gasteiger partial charge in [-0.2, -0.15) is 0 Å². The fourth-order valence-corrected chi connectivity index (χ4v) is 18.0. The van der Waals surface area contributed by atoms with E-state index < -0.39 is 0 Å². The number of thiophene rings is 1. The topological polar surface area (TPSA) is 6.48 Å². The fourth-order valence-electron chi connectivity index (χ4n) is 17.0. The number of rotatable bonds is 5. The molecule has 79 heavy (non-hydrogen) atoms.